The zero-order valence-electron chi connectivity index (χ0n) is 14.8. The van der Waals surface area contributed by atoms with E-state index in [2.05, 4.69) is 15.5 Å². The molecule has 0 bridgehead atoms. The Hall–Kier alpha value is -2.22. The van der Waals surface area contributed by atoms with E-state index in [1.54, 1.807) is 11.3 Å². The fourth-order valence-corrected chi connectivity index (χ4v) is 3.81. The largest absolute Gasteiger partial charge is 0.416 e. The molecular weight excluding hydrogens is 375 g/mol. The van der Waals surface area contributed by atoms with E-state index >= 15 is 0 Å². The van der Waals surface area contributed by atoms with Crippen LogP contribution in [0.3, 0.4) is 0 Å². The molecule has 0 atom stereocenters. The standard InChI is InChI=1S/C19H22F3N3OS/c20-19(21,22)14-5-6-17(25-9-1-2-10-25)16(12-14)24-13-18(26)23-8-7-15-4-3-11-27-15/h3-6,11-12,24H,1-2,7-10,13H2,(H,23,26). The van der Waals surface area contributed by atoms with Gasteiger partial charge in [-0.2, -0.15) is 13.2 Å². The Morgan fingerprint density at radius 3 is 2.63 bits per heavy atom. The topological polar surface area (TPSA) is 44.4 Å². The van der Waals surface area contributed by atoms with E-state index in [0.717, 1.165) is 44.5 Å². The smallest absolute Gasteiger partial charge is 0.374 e. The van der Waals surface area contributed by atoms with Gasteiger partial charge in [0, 0.05) is 24.5 Å². The van der Waals surface area contributed by atoms with Gasteiger partial charge in [0.1, 0.15) is 0 Å². The molecule has 27 heavy (non-hydrogen) atoms. The molecular formula is C19H22F3N3OS. The van der Waals surface area contributed by atoms with Gasteiger partial charge in [-0.05, 0) is 48.9 Å². The molecule has 146 valence electrons. The van der Waals surface area contributed by atoms with Gasteiger partial charge in [0.2, 0.25) is 5.91 Å². The van der Waals surface area contributed by atoms with Crippen molar-refractivity contribution in [1.82, 2.24) is 5.32 Å². The lowest BCUT2D eigenvalue weighted by Gasteiger charge is -2.23. The number of amides is 1. The second-order valence-electron chi connectivity index (χ2n) is 6.46. The number of alkyl halides is 3. The first-order chi connectivity index (χ1) is 12.9. The van der Waals surface area contributed by atoms with Gasteiger partial charge in [0.05, 0.1) is 23.5 Å². The van der Waals surface area contributed by atoms with Gasteiger partial charge in [-0.1, -0.05) is 6.07 Å². The van der Waals surface area contributed by atoms with Crippen LogP contribution in [0.25, 0.3) is 0 Å². The highest BCUT2D eigenvalue weighted by Gasteiger charge is 2.31. The third kappa shape index (κ3) is 5.38. The van der Waals surface area contributed by atoms with E-state index in [4.69, 9.17) is 0 Å². The van der Waals surface area contributed by atoms with Crippen LogP contribution in [-0.4, -0.2) is 32.1 Å². The molecule has 0 radical (unpaired) electrons. The third-order valence-corrected chi connectivity index (χ3v) is 5.42. The lowest BCUT2D eigenvalue weighted by molar-refractivity contribution is -0.137. The first-order valence-corrected chi connectivity index (χ1v) is 9.80. The SMILES string of the molecule is O=C(CNc1cc(C(F)(F)F)ccc1N1CCCC1)NCCc1cccs1. The van der Waals surface area contributed by atoms with Crippen LogP contribution in [0, 0.1) is 0 Å². The molecule has 1 saturated heterocycles. The number of anilines is 2. The lowest BCUT2D eigenvalue weighted by Crippen LogP contribution is -2.32. The van der Waals surface area contributed by atoms with Crippen LogP contribution in [0.5, 0.6) is 0 Å². The van der Waals surface area contributed by atoms with Crippen molar-refractivity contribution in [3.8, 4) is 0 Å². The summed E-state index contributed by atoms with van der Waals surface area (Å²) in [5.41, 5.74) is 0.345. The number of benzene rings is 1. The Bertz CT molecular complexity index is 756. The molecule has 0 unspecified atom stereocenters. The van der Waals surface area contributed by atoms with E-state index in [1.165, 1.54) is 10.9 Å². The van der Waals surface area contributed by atoms with E-state index in [0.29, 0.717) is 17.9 Å². The number of thiophene rings is 1. The number of halogens is 3. The van der Waals surface area contributed by atoms with Gasteiger partial charge in [0.15, 0.2) is 0 Å². The molecule has 1 aromatic heterocycles. The summed E-state index contributed by atoms with van der Waals surface area (Å²) in [4.78, 5) is 15.3. The van der Waals surface area contributed by atoms with Crippen LogP contribution in [0.4, 0.5) is 24.5 Å². The second-order valence-corrected chi connectivity index (χ2v) is 7.49. The van der Waals surface area contributed by atoms with Gasteiger partial charge in [-0.15, -0.1) is 11.3 Å². The highest BCUT2D eigenvalue weighted by molar-refractivity contribution is 7.09. The van der Waals surface area contributed by atoms with Gasteiger partial charge in [-0.3, -0.25) is 4.79 Å². The normalized spacial score (nSPS) is 14.4. The highest BCUT2D eigenvalue weighted by atomic mass is 32.1. The van der Waals surface area contributed by atoms with Crippen molar-refractivity contribution >= 4 is 28.6 Å². The van der Waals surface area contributed by atoms with Crippen molar-refractivity contribution in [1.29, 1.82) is 0 Å². The van der Waals surface area contributed by atoms with Gasteiger partial charge < -0.3 is 15.5 Å². The average molecular weight is 397 g/mol. The fraction of sp³-hybridized carbons (Fsp3) is 0.421. The Morgan fingerprint density at radius 2 is 1.96 bits per heavy atom. The maximum Gasteiger partial charge on any atom is 0.416 e. The molecule has 3 rings (SSSR count). The molecule has 1 aliphatic heterocycles. The maximum atomic E-state index is 13.1. The minimum absolute atomic E-state index is 0.0629. The van der Waals surface area contributed by atoms with Crippen LogP contribution >= 0.6 is 11.3 Å². The molecule has 0 spiro atoms. The van der Waals surface area contributed by atoms with Crippen LogP contribution in [-0.2, 0) is 17.4 Å². The molecule has 0 aliphatic carbocycles. The quantitative estimate of drug-likeness (QED) is 0.738. The van der Waals surface area contributed by atoms with Crippen LogP contribution < -0.4 is 15.5 Å². The number of nitrogens with zero attached hydrogens (tertiary/aromatic N) is 1. The predicted octanol–water partition coefficient (Wildman–Crippen LogP) is 4.14. The first-order valence-electron chi connectivity index (χ1n) is 8.92. The summed E-state index contributed by atoms with van der Waals surface area (Å²) in [5, 5.41) is 7.67. The molecule has 1 amide bonds. The highest BCUT2D eigenvalue weighted by Crippen LogP contribution is 2.36. The number of carbonyl (C=O) groups excluding carboxylic acids is 1. The molecule has 1 aromatic carbocycles. The minimum Gasteiger partial charge on any atom is -0.374 e. The number of hydrogen-bond donors (Lipinski definition) is 2. The summed E-state index contributed by atoms with van der Waals surface area (Å²) in [7, 11) is 0. The number of rotatable bonds is 7. The van der Waals surface area contributed by atoms with Gasteiger partial charge >= 0.3 is 6.18 Å². The lowest BCUT2D eigenvalue weighted by atomic mass is 10.1. The third-order valence-electron chi connectivity index (χ3n) is 4.48. The molecule has 2 aromatic rings. The van der Waals surface area contributed by atoms with Crippen molar-refractivity contribution in [3.63, 3.8) is 0 Å². The van der Waals surface area contributed by atoms with E-state index in [-0.39, 0.29) is 12.5 Å². The molecule has 4 nitrogen and oxygen atoms in total. The van der Waals surface area contributed by atoms with Crippen molar-refractivity contribution in [2.24, 2.45) is 0 Å². The van der Waals surface area contributed by atoms with Crippen LogP contribution in [0.15, 0.2) is 35.7 Å². The van der Waals surface area contributed by atoms with Crippen molar-refractivity contribution in [2.75, 3.05) is 36.4 Å². The molecule has 2 heterocycles. The van der Waals surface area contributed by atoms with Crippen molar-refractivity contribution in [3.05, 3.63) is 46.2 Å². The molecule has 2 N–H and O–H groups in total. The van der Waals surface area contributed by atoms with E-state index in [9.17, 15) is 18.0 Å². The Morgan fingerprint density at radius 1 is 1.19 bits per heavy atom. The van der Waals surface area contributed by atoms with Crippen molar-refractivity contribution < 1.29 is 18.0 Å². The number of hydrogen-bond acceptors (Lipinski definition) is 4. The van der Waals surface area contributed by atoms with E-state index in [1.807, 2.05) is 17.5 Å². The first kappa shape index (κ1) is 19.5. The average Bonchev–Trinajstić information content (AvgIpc) is 3.33. The Balaban J connectivity index is 1.61. The minimum atomic E-state index is -4.41. The summed E-state index contributed by atoms with van der Waals surface area (Å²) in [5.74, 6) is -0.240. The summed E-state index contributed by atoms with van der Waals surface area (Å²) in [6.45, 7) is 2.06. The Kier molecular flexibility index (Phi) is 6.26. The van der Waals surface area contributed by atoms with Crippen molar-refractivity contribution in [2.45, 2.75) is 25.4 Å². The molecule has 1 fully saturated rings. The predicted molar refractivity (Wildman–Crippen MR) is 102 cm³/mol. The van der Waals surface area contributed by atoms with E-state index < -0.39 is 11.7 Å². The summed E-state index contributed by atoms with van der Waals surface area (Å²) >= 11 is 1.63. The van der Waals surface area contributed by atoms with Gasteiger partial charge in [0.25, 0.3) is 0 Å². The molecule has 8 heteroatoms. The second kappa shape index (κ2) is 8.65. The zero-order chi connectivity index (χ0) is 19.3. The Labute approximate surface area is 160 Å². The zero-order valence-corrected chi connectivity index (χ0v) is 15.6. The summed E-state index contributed by atoms with van der Waals surface area (Å²) in [6.07, 6.45) is -1.64. The monoisotopic (exact) mass is 397 g/mol. The fourth-order valence-electron chi connectivity index (χ4n) is 3.11. The van der Waals surface area contributed by atoms with Crippen LogP contribution in [0.2, 0.25) is 0 Å². The molecule has 0 saturated carbocycles. The summed E-state index contributed by atoms with van der Waals surface area (Å²) in [6, 6.07) is 7.63. The van der Waals surface area contributed by atoms with Crippen LogP contribution in [0.1, 0.15) is 23.3 Å². The number of carbonyl (C=O) groups is 1. The number of nitrogens with one attached hydrogen (secondary N) is 2. The summed E-state index contributed by atoms with van der Waals surface area (Å²) < 4.78 is 39.2. The molecule has 1 aliphatic rings. The maximum absolute atomic E-state index is 13.1. The van der Waals surface area contributed by atoms with Gasteiger partial charge in [-0.25, -0.2) is 0 Å².